The van der Waals surface area contributed by atoms with Gasteiger partial charge in [-0.2, -0.15) is 4.98 Å². The Morgan fingerprint density at radius 2 is 2.00 bits per heavy atom. The van der Waals surface area contributed by atoms with Crippen LogP contribution >= 0.6 is 11.6 Å². The van der Waals surface area contributed by atoms with E-state index < -0.39 is 0 Å². The van der Waals surface area contributed by atoms with Gasteiger partial charge in [0.05, 0.1) is 0 Å². The first kappa shape index (κ1) is 10.3. The molecule has 0 fully saturated rings. The predicted octanol–water partition coefficient (Wildman–Crippen LogP) is 2.62. The van der Waals surface area contributed by atoms with Gasteiger partial charge in [-0.05, 0) is 27.7 Å². The highest BCUT2D eigenvalue weighted by Crippen LogP contribution is 2.17. The molecular formula is C9H13ClN2O. The Morgan fingerprint density at radius 3 is 2.46 bits per heavy atom. The molecular weight excluding hydrogens is 188 g/mol. The molecule has 0 N–H and O–H groups in total. The summed E-state index contributed by atoms with van der Waals surface area (Å²) in [6.07, 6.45) is 1.65. The van der Waals surface area contributed by atoms with Gasteiger partial charge >= 0.3 is 6.01 Å². The van der Waals surface area contributed by atoms with Gasteiger partial charge < -0.3 is 4.74 Å². The van der Waals surface area contributed by atoms with Crippen LogP contribution in [-0.2, 0) is 0 Å². The Balaban J connectivity index is 2.86. The minimum absolute atomic E-state index is 0.293. The molecule has 1 aromatic rings. The highest BCUT2D eigenvalue weighted by Gasteiger charge is 2.14. The second-order valence-electron chi connectivity index (χ2n) is 3.84. The molecule has 3 nitrogen and oxygen atoms in total. The standard InChI is InChI=1S/C9H13ClN2O/c1-6-5-11-8(12-7(6)10)13-9(2,3)4/h5H,1-4H3. The highest BCUT2D eigenvalue weighted by molar-refractivity contribution is 6.30. The average molecular weight is 201 g/mol. The third-order valence-corrected chi connectivity index (χ3v) is 1.67. The van der Waals surface area contributed by atoms with Crippen molar-refractivity contribution in [3.8, 4) is 6.01 Å². The molecule has 0 aliphatic heterocycles. The lowest BCUT2D eigenvalue weighted by Gasteiger charge is -2.19. The number of rotatable bonds is 1. The lowest BCUT2D eigenvalue weighted by atomic mass is 10.2. The largest absolute Gasteiger partial charge is 0.458 e. The second kappa shape index (κ2) is 3.50. The fraction of sp³-hybridized carbons (Fsp3) is 0.556. The van der Waals surface area contributed by atoms with E-state index in [1.165, 1.54) is 0 Å². The average Bonchev–Trinajstić information content (AvgIpc) is 1.94. The van der Waals surface area contributed by atoms with Crippen molar-refractivity contribution in [2.24, 2.45) is 0 Å². The number of nitrogens with zero attached hydrogens (tertiary/aromatic N) is 2. The summed E-state index contributed by atoms with van der Waals surface area (Å²) >= 11 is 5.81. The minimum Gasteiger partial charge on any atom is -0.458 e. The molecule has 0 atom stereocenters. The second-order valence-corrected chi connectivity index (χ2v) is 4.20. The molecule has 0 saturated carbocycles. The van der Waals surface area contributed by atoms with Gasteiger partial charge in [-0.15, -0.1) is 0 Å². The molecule has 13 heavy (non-hydrogen) atoms. The van der Waals surface area contributed by atoms with Gasteiger partial charge in [0.25, 0.3) is 0 Å². The van der Waals surface area contributed by atoms with Crippen LogP contribution in [0.1, 0.15) is 26.3 Å². The van der Waals surface area contributed by atoms with Crippen LogP contribution in [-0.4, -0.2) is 15.6 Å². The molecule has 4 heteroatoms. The molecule has 72 valence electrons. The van der Waals surface area contributed by atoms with Crippen molar-refractivity contribution < 1.29 is 4.74 Å². The maximum absolute atomic E-state index is 5.81. The number of hydrogen-bond donors (Lipinski definition) is 0. The van der Waals surface area contributed by atoms with Gasteiger partial charge in [0.2, 0.25) is 0 Å². The number of aryl methyl sites for hydroxylation is 1. The fourth-order valence-corrected chi connectivity index (χ4v) is 0.850. The van der Waals surface area contributed by atoms with Crippen molar-refractivity contribution in [1.29, 1.82) is 0 Å². The first-order valence-corrected chi connectivity index (χ1v) is 4.44. The van der Waals surface area contributed by atoms with Crippen LogP contribution in [0.5, 0.6) is 6.01 Å². The van der Waals surface area contributed by atoms with Crippen LogP contribution in [0.25, 0.3) is 0 Å². The number of aromatic nitrogens is 2. The van der Waals surface area contributed by atoms with Crippen molar-refractivity contribution in [1.82, 2.24) is 9.97 Å². The third-order valence-electron chi connectivity index (χ3n) is 1.29. The van der Waals surface area contributed by atoms with E-state index >= 15 is 0 Å². The van der Waals surface area contributed by atoms with Crippen LogP contribution < -0.4 is 4.74 Å². The molecule has 0 saturated heterocycles. The number of ether oxygens (including phenoxy) is 1. The summed E-state index contributed by atoms with van der Waals surface area (Å²) in [7, 11) is 0. The summed E-state index contributed by atoms with van der Waals surface area (Å²) in [5, 5.41) is 0.439. The molecule has 0 spiro atoms. The van der Waals surface area contributed by atoms with Crippen molar-refractivity contribution in [2.45, 2.75) is 33.3 Å². The summed E-state index contributed by atoms with van der Waals surface area (Å²) in [4.78, 5) is 8.00. The van der Waals surface area contributed by atoms with Crippen LogP contribution in [0.3, 0.4) is 0 Å². The van der Waals surface area contributed by atoms with E-state index in [0.29, 0.717) is 11.2 Å². The van der Waals surface area contributed by atoms with Gasteiger partial charge in [-0.3, -0.25) is 0 Å². The normalized spacial score (nSPS) is 11.5. The molecule has 1 aromatic heterocycles. The Bertz CT molecular complexity index is 307. The van der Waals surface area contributed by atoms with E-state index in [9.17, 15) is 0 Å². The van der Waals surface area contributed by atoms with Crippen molar-refractivity contribution in [3.05, 3.63) is 16.9 Å². The van der Waals surface area contributed by atoms with Crippen molar-refractivity contribution >= 4 is 11.6 Å². The lowest BCUT2D eigenvalue weighted by Crippen LogP contribution is -2.24. The van der Waals surface area contributed by atoms with E-state index in [1.807, 2.05) is 27.7 Å². The summed E-state index contributed by atoms with van der Waals surface area (Å²) in [5.41, 5.74) is 0.557. The predicted molar refractivity (Wildman–Crippen MR) is 52.2 cm³/mol. The first-order chi connectivity index (χ1) is 5.88. The van der Waals surface area contributed by atoms with Gasteiger partial charge in [-0.1, -0.05) is 11.6 Å². The van der Waals surface area contributed by atoms with Gasteiger partial charge in [0.1, 0.15) is 10.8 Å². The monoisotopic (exact) mass is 200 g/mol. The van der Waals surface area contributed by atoms with E-state index in [2.05, 4.69) is 9.97 Å². The zero-order valence-electron chi connectivity index (χ0n) is 8.26. The summed E-state index contributed by atoms with van der Waals surface area (Å²) in [6.45, 7) is 7.65. The topological polar surface area (TPSA) is 35.0 Å². The zero-order valence-corrected chi connectivity index (χ0v) is 9.01. The Morgan fingerprint density at radius 1 is 1.38 bits per heavy atom. The third kappa shape index (κ3) is 3.19. The highest BCUT2D eigenvalue weighted by atomic mass is 35.5. The Hall–Kier alpha value is -0.830. The Kier molecular flexibility index (Phi) is 2.76. The summed E-state index contributed by atoms with van der Waals surface area (Å²) in [5.74, 6) is 0. The SMILES string of the molecule is Cc1cnc(OC(C)(C)C)nc1Cl. The molecule has 1 rings (SSSR count). The van der Waals surface area contributed by atoms with Crippen molar-refractivity contribution in [3.63, 3.8) is 0 Å². The van der Waals surface area contributed by atoms with Crippen LogP contribution in [0.2, 0.25) is 5.15 Å². The van der Waals surface area contributed by atoms with Crippen molar-refractivity contribution in [2.75, 3.05) is 0 Å². The maximum Gasteiger partial charge on any atom is 0.318 e. The molecule has 0 radical (unpaired) electrons. The molecule has 1 heterocycles. The van der Waals surface area contributed by atoms with E-state index in [0.717, 1.165) is 5.56 Å². The molecule has 0 aliphatic rings. The van der Waals surface area contributed by atoms with E-state index in [4.69, 9.17) is 16.3 Å². The minimum atomic E-state index is -0.293. The molecule has 0 bridgehead atoms. The lowest BCUT2D eigenvalue weighted by molar-refractivity contribution is 0.117. The maximum atomic E-state index is 5.81. The van der Waals surface area contributed by atoms with Crippen LogP contribution in [0, 0.1) is 6.92 Å². The molecule has 0 amide bonds. The fourth-order valence-electron chi connectivity index (χ4n) is 0.729. The van der Waals surface area contributed by atoms with Gasteiger partial charge in [0, 0.05) is 11.8 Å². The van der Waals surface area contributed by atoms with Gasteiger partial charge in [-0.25, -0.2) is 4.98 Å². The zero-order chi connectivity index (χ0) is 10.1. The number of halogens is 1. The van der Waals surface area contributed by atoms with E-state index in [1.54, 1.807) is 6.20 Å². The van der Waals surface area contributed by atoms with Crippen LogP contribution in [0.15, 0.2) is 6.20 Å². The molecule has 0 aromatic carbocycles. The van der Waals surface area contributed by atoms with E-state index in [-0.39, 0.29) is 5.60 Å². The quantitative estimate of drug-likeness (QED) is 0.654. The summed E-state index contributed by atoms with van der Waals surface area (Å²) in [6, 6.07) is 0.322. The molecule has 0 aliphatic carbocycles. The number of hydrogen-bond acceptors (Lipinski definition) is 3. The Labute approximate surface area is 83.1 Å². The molecule has 0 unspecified atom stereocenters. The van der Waals surface area contributed by atoms with Gasteiger partial charge in [0.15, 0.2) is 0 Å². The van der Waals surface area contributed by atoms with Crippen LogP contribution in [0.4, 0.5) is 0 Å². The summed E-state index contributed by atoms with van der Waals surface area (Å²) < 4.78 is 5.43. The first-order valence-electron chi connectivity index (χ1n) is 4.06. The smallest absolute Gasteiger partial charge is 0.318 e.